The number of nitrogens with one attached hydrogen (secondary N) is 2. The summed E-state index contributed by atoms with van der Waals surface area (Å²) in [6.45, 7) is 3.36. The second-order valence-electron chi connectivity index (χ2n) is 7.49. The van der Waals surface area contributed by atoms with E-state index in [1.54, 1.807) is 36.5 Å². The minimum atomic E-state index is -0.342. The molecule has 1 aromatic heterocycles. The quantitative estimate of drug-likeness (QED) is 0.541. The second-order valence-corrected chi connectivity index (χ2v) is 8.37. The summed E-state index contributed by atoms with van der Waals surface area (Å²) < 4.78 is 5.38. The van der Waals surface area contributed by atoms with E-state index in [0.717, 1.165) is 24.5 Å². The van der Waals surface area contributed by atoms with Crippen LogP contribution in [0.2, 0.25) is 10.0 Å². The molecule has 1 aliphatic rings. The summed E-state index contributed by atoms with van der Waals surface area (Å²) in [4.78, 5) is 31.6. The normalized spacial score (nSPS) is 13.5. The molecule has 1 fully saturated rings. The van der Waals surface area contributed by atoms with E-state index in [1.165, 1.54) is 12.1 Å². The molecule has 9 heteroatoms. The van der Waals surface area contributed by atoms with Gasteiger partial charge in [0.05, 0.1) is 13.2 Å². The van der Waals surface area contributed by atoms with Crippen molar-refractivity contribution in [3.8, 4) is 0 Å². The Morgan fingerprint density at radius 3 is 2.30 bits per heavy atom. The summed E-state index contributed by atoms with van der Waals surface area (Å²) in [6.07, 6.45) is 1.75. The van der Waals surface area contributed by atoms with Crippen LogP contribution in [0.4, 0.5) is 11.5 Å². The van der Waals surface area contributed by atoms with Crippen LogP contribution in [0.25, 0.3) is 0 Å². The molecule has 2 aromatic carbocycles. The Hall–Kier alpha value is -3.13. The number of halogens is 2. The third-order valence-electron chi connectivity index (χ3n) is 5.13. The summed E-state index contributed by atoms with van der Waals surface area (Å²) >= 11 is 11.9. The van der Waals surface area contributed by atoms with Gasteiger partial charge in [-0.3, -0.25) is 9.59 Å². The number of hydrogen-bond donors (Lipinski definition) is 2. The Balaban J connectivity index is 1.33. The van der Waals surface area contributed by atoms with E-state index in [4.69, 9.17) is 27.9 Å². The first-order valence-corrected chi connectivity index (χ1v) is 11.2. The van der Waals surface area contributed by atoms with Gasteiger partial charge in [-0.2, -0.15) is 0 Å². The summed E-state index contributed by atoms with van der Waals surface area (Å²) in [5, 5.41) is 6.44. The second kappa shape index (κ2) is 10.7. The third kappa shape index (κ3) is 6.22. The molecule has 0 atom stereocenters. The number of benzene rings is 2. The highest BCUT2D eigenvalue weighted by atomic mass is 35.5. The van der Waals surface area contributed by atoms with Crippen molar-refractivity contribution in [3.05, 3.63) is 87.5 Å². The molecule has 0 spiro atoms. The van der Waals surface area contributed by atoms with E-state index >= 15 is 0 Å². The predicted molar refractivity (Wildman–Crippen MR) is 129 cm³/mol. The zero-order chi connectivity index (χ0) is 23.2. The topological polar surface area (TPSA) is 83.6 Å². The van der Waals surface area contributed by atoms with Crippen LogP contribution in [0.3, 0.4) is 0 Å². The minimum absolute atomic E-state index is 0.209. The number of amides is 2. The molecule has 2 N–H and O–H groups in total. The van der Waals surface area contributed by atoms with Gasteiger partial charge in [0.2, 0.25) is 0 Å². The molecule has 1 aliphatic heterocycles. The van der Waals surface area contributed by atoms with Crippen LogP contribution < -0.4 is 15.5 Å². The lowest BCUT2D eigenvalue weighted by Crippen LogP contribution is -2.36. The first-order valence-electron chi connectivity index (χ1n) is 10.4. The van der Waals surface area contributed by atoms with Gasteiger partial charge in [0.15, 0.2) is 0 Å². The number of morpholine rings is 1. The van der Waals surface area contributed by atoms with Gasteiger partial charge in [-0.25, -0.2) is 4.98 Å². The fourth-order valence-corrected chi connectivity index (χ4v) is 3.94. The third-order valence-corrected chi connectivity index (χ3v) is 5.56. The maximum Gasteiger partial charge on any atom is 0.255 e. The van der Waals surface area contributed by atoms with Crippen LogP contribution in [-0.2, 0) is 11.3 Å². The molecule has 0 aliphatic carbocycles. The highest BCUT2D eigenvalue weighted by molar-refractivity contribution is 6.35. The van der Waals surface area contributed by atoms with Crippen molar-refractivity contribution >= 4 is 46.5 Å². The zero-order valence-corrected chi connectivity index (χ0v) is 19.2. The molecular formula is C24H22Cl2N4O3. The van der Waals surface area contributed by atoms with E-state index in [1.807, 2.05) is 12.1 Å². The lowest BCUT2D eigenvalue weighted by Gasteiger charge is -2.28. The monoisotopic (exact) mass is 484 g/mol. The molecule has 0 saturated carbocycles. The molecule has 7 nitrogen and oxygen atoms in total. The number of hydrogen-bond acceptors (Lipinski definition) is 5. The van der Waals surface area contributed by atoms with E-state index in [0.29, 0.717) is 46.6 Å². The number of nitrogens with zero attached hydrogens (tertiary/aromatic N) is 2. The first kappa shape index (κ1) is 23.0. The number of carbonyl (C=O) groups is 2. The number of ether oxygens (including phenoxy) is 1. The van der Waals surface area contributed by atoms with Gasteiger partial charge < -0.3 is 20.3 Å². The van der Waals surface area contributed by atoms with Crippen molar-refractivity contribution in [2.75, 3.05) is 36.5 Å². The van der Waals surface area contributed by atoms with Crippen molar-refractivity contribution in [1.82, 2.24) is 10.3 Å². The van der Waals surface area contributed by atoms with E-state index in [2.05, 4.69) is 20.5 Å². The van der Waals surface area contributed by atoms with Crippen molar-refractivity contribution in [2.45, 2.75) is 6.54 Å². The van der Waals surface area contributed by atoms with Gasteiger partial charge in [-0.1, -0.05) is 23.2 Å². The molecule has 33 heavy (non-hydrogen) atoms. The Morgan fingerprint density at radius 2 is 1.61 bits per heavy atom. The SMILES string of the molecule is O=C(NCc1ccnc(N2CCOCC2)c1)c1ccc(NC(=O)c2cc(Cl)cc(Cl)c2)cc1. The molecule has 4 rings (SSSR count). The maximum absolute atomic E-state index is 12.6. The molecule has 0 bridgehead atoms. The molecule has 3 aromatic rings. The fraction of sp³-hybridized carbons (Fsp3) is 0.208. The van der Waals surface area contributed by atoms with Crippen LogP contribution in [0.5, 0.6) is 0 Å². The summed E-state index contributed by atoms with van der Waals surface area (Å²) in [5.41, 5.74) is 2.35. The molecule has 2 amide bonds. The number of aromatic nitrogens is 1. The average molecular weight is 485 g/mol. The Kier molecular flexibility index (Phi) is 7.44. The molecule has 0 radical (unpaired) electrons. The smallest absolute Gasteiger partial charge is 0.255 e. The lowest BCUT2D eigenvalue weighted by molar-refractivity contribution is 0.0950. The highest BCUT2D eigenvalue weighted by Crippen LogP contribution is 2.20. The number of pyridine rings is 1. The zero-order valence-electron chi connectivity index (χ0n) is 17.7. The van der Waals surface area contributed by atoms with E-state index in [-0.39, 0.29) is 11.8 Å². The largest absolute Gasteiger partial charge is 0.378 e. The van der Waals surface area contributed by atoms with Crippen LogP contribution in [0.1, 0.15) is 26.3 Å². The number of carbonyl (C=O) groups excluding carboxylic acids is 2. The fourth-order valence-electron chi connectivity index (χ4n) is 3.41. The Labute approximate surface area is 201 Å². The highest BCUT2D eigenvalue weighted by Gasteiger charge is 2.13. The Morgan fingerprint density at radius 1 is 0.909 bits per heavy atom. The van der Waals surface area contributed by atoms with Gasteiger partial charge in [-0.15, -0.1) is 0 Å². The summed E-state index contributed by atoms with van der Waals surface area (Å²) in [7, 11) is 0. The lowest BCUT2D eigenvalue weighted by atomic mass is 10.1. The van der Waals surface area contributed by atoms with Crippen LogP contribution >= 0.6 is 23.2 Å². The molecule has 0 unspecified atom stereocenters. The molecule has 170 valence electrons. The Bertz CT molecular complexity index is 1130. The van der Waals surface area contributed by atoms with Crippen LogP contribution in [-0.4, -0.2) is 43.1 Å². The van der Waals surface area contributed by atoms with Gasteiger partial charge in [-0.05, 0) is 60.2 Å². The van der Waals surface area contributed by atoms with Crippen molar-refractivity contribution in [3.63, 3.8) is 0 Å². The first-order chi connectivity index (χ1) is 16.0. The standard InChI is InChI=1S/C24H22Cl2N4O3/c25-19-12-18(13-20(26)14-19)24(32)29-21-3-1-17(2-4-21)23(31)28-15-16-5-6-27-22(11-16)30-7-9-33-10-8-30/h1-6,11-14H,7-10,15H2,(H,28,31)(H,29,32). The van der Waals surface area contributed by atoms with Gasteiger partial charge in [0, 0.05) is 52.7 Å². The van der Waals surface area contributed by atoms with E-state index < -0.39 is 0 Å². The average Bonchev–Trinajstić information content (AvgIpc) is 2.83. The summed E-state index contributed by atoms with van der Waals surface area (Å²) in [5.74, 6) is 0.329. The minimum Gasteiger partial charge on any atom is -0.378 e. The van der Waals surface area contributed by atoms with Crippen molar-refractivity contribution in [2.24, 2.45) is 0 Å². The number of anilines is 2. The van der Waals surface area contributed by atoms with Crippen molar-refractivity contribution < 1.29 is 14.3 Å². The number of rotatable bonds is 6. The van der Waals surface area contributed by atoms with Gasteiger partial charge in [0.25, 0.3) is 11.8 Å². The van der Waals surface area contributed by atoms with Crippen LogP contribution in [0.15, 0.2) is 60.8 Å². The van der Waals surface area contributed by atoms with Gasteiger partial charge in [0.1, 0.15) is 5.82 Å². The van der Waals surface area contributed by atoms with Crippen molar-refractivity contribution in [1.29, 1.82) is 0 Å². The molecule has 1 saturated heterocycles. The van der Waals surface area contributed by atoms with Crippen LogP contribution in [0, 0.1) is 0 Å². The maximum atomic E-state index is 12.6. The predicted octanol–water partition coefficient (Wildman–Crippen LogP) is 4.41. The molecule has 2 heterocycles. The summed E-state index contributed by atoms with van der Waals surface area (Å²) in [6, 6.07) is 15.1. The molecular weight excluding hydrogens is 463 g/mol. The van der Waals surface area contributed by atoms with Gasteiger partial charge >= 0.3 is 0 Å². The van der Waals surface area contributed by atoms with E-state index in [9.17, 15) is 9.59 Å².